The van der Waals surface area contributed by atoms with Crippen molar-refractivity contribution in [2.24, 2.45) is 5.10 Å². The Bertz CT molecular complexity index is 821. The molecule has 1 unspecified atom stereocenters. The van der Waals surface area contributed by atoms with E-state index in [2.05, 4.69) is 15.8 Å². The highest BCUT2D eigenvalue weighted by molar-refractivity contribution is 6.03. The van der Waals surface area contributed by atoms with Gasteiger partial charge in [0.25, 0.3) is 11.6 Å². The van der Waals surface area contributed by atoms with Gasteiger partial charge in [-0.05, 0) is 31.2 Å². The maximum absolute atomic E-state index is 12.2. The Morgan fingerprint density at radius 2 is 1.85 bits per heavy atom. The summed E-state index contributed by atoms with van der Waals surface area (Å²) in [6.07, 6.45) is 1.19. The number of nitrogens with one attached hydrogen (secondary N) is 2. The molecule has 140 valence electrons. The van der Waals surface area contributed by atoms with E-state index in [1.54, 1.807) is 37.3 Å². The zero-order valence-corrected chi connectivity index (χ0v) is 14.5. The number of nitro benzene ring substituents is 1. The van der Waals surface area contributed by atoms with E-state index in [9.17, 15) is 19.7 Å². The summed E-state index contributed by atoms with van der Waals surface area (Å²) in [6, 6.07) is 12.9. The Kier molecular flexibility index (Phi) is 7.00. The van der Waals surface area contributed by atoms with Gasteiger partial charge < -0.3 is 10.1 Å². The van der Waals surface area contributed by atoms with Crippen LogP contribution < -0.4 is 10.7 Å². The van der Waals surface area contributed by atoms with Crippen LogP contribution in [0.5, 0.6) is 0 Å². The fraction of sp³-hybridized carbons (Fsp3) is 0.167. The number of hydrogen-bond donors (Lipinski definition) is 2. The van der Waals surface area contributed by atoms with Gasteiger partial charge in [0, 0.05) is 17.7 Å². The lowest BCUT2D eigenvalue weighted by Crippen LogP contribution is -2.43. The molecule has 0 aliphatic carbocycles. The van der Waals surface area contributed by atoms with Gasteiger partial charge in [0.2, 0.25) is 0 Å². The molecule has 2 aromatic carbocycles. The van der Waals surface area contributed by atoms with Gasteiger partial charge in [0.05, 0.1) is 23.4 Å². The molecule has 0 saturated carbocycles. The number of hydrazone groups is 1. The molecule has 0 aliphatic rings. The third kappa shape index (κ3) is 5.92. The normalized spacial score (nSPS) is 11.6. The number of ether oxygens (including phenoxy) is 1. The minimum absolute atomic E-state index is 0.0518. The van der Waals surface area contributed by atoms with Crippen molar-refractivity contribution >= 4 is 29.5 Å². The second-order valence-corrected chi connectivity index (χ2v) is 5.26. The molecule has 0 radical (unpaired) electrons. The van der Waals surface area contributed by atoms with Crippen molar-refractivity contribution in [3.63, 3.8) is 0 Å². The highest BCUT2D eigenvalue weighted by Gasteiger charge is 2.20. The second-order valence-electron chi connectivity index (χ2n) is 5.26. The van der Waals surface area contributed by atoms with E-state index in [0.29, 0.717) is 11.3 Å². The summed E-state index contributed by atoms with van der Waals surface area (Å²) in [5.74, 6) is -1.11. The van der Waals surface area contributed by atoms with Crippen LogP contribution in [0.3, 0.4) is 0 Å². The van der Waals surface area contributed by atoms with Crippen LogP contribution >= 0.6 is 0 Å². The highest BCUT2D eigenvalue weighted by Crippen LogP contribution is 2.15. The number of amides is 1. The van der Waals surface area contributed by atoms with Crippen molar-refractivity contribution in [1.82, 2.24) is 5.32 Å². The molecule has 2 aromatic rings. The van der Waals surface area contributed by atoms with Gasteiger partial charge >= 0.3 is 5.97 Å². The number of rotatable bonds is 8. The molecule has 1 amide bonds. The molecule has 27 heavy (non-hydrogen) atoms. The first-order valence-corrected chi connectivity index (χ1v) is 8.07. The molecule has 9 nitrogen and oxygen atoms in total. The summed E-state index contributed by atoms with van der Waals surface area (Å²) in [5, 5.41) is 17.1. The first kappa shape index (κ1) is 19.6. The van der Waals surface area contributed by atoms with Gasteiger partial charge in [0.1, 0.15) is 0 Å². The summed E-state index contributed by atoms with van der Waals surface area (Å²) >= 11 is 0. The minimum Gasteiger partial charge on any atom is -0.464 e. The van der Waals surface area contributed by atoms with Gasteiger partial charge in [-0.25, -0.2) is 4.79 Å². The fourth-order valence-corrected chi connectivity index (χ4v) is 2.05. The molecule has 0 spiro atoms. The standard InChI is InChI=1S/C18H18N4O5/c1-2-27-18(24)16(20-17(23)13-6-4-3-5-7-13)12-19-21-14-8-10-15(11-9-14)22(25)26/h3-12,16,21H,2H2,1H3,(H,20,23)/b19-12+. The van der Waals surface area contributed by atoms with Gasteiger partial charge in [-0.15, -0.1) is 0 Å². The Balaban J connectivity index is 2.05. The average Bonchev–Trinajstić information content (AvgIpc) is 2.68. The number of anilines is 1. The molecule has 2 rings (SSSR count). The number of esters is 1. The second kappa shape index (κ2) is 9.66. The Hall–Kier alpha value is -3.75. The maximum Gasteiger partial charge on any atom is 0.334 e. The largest absolute Gasteiger partial charge is 0.464 e. The maximum atomic E-state index is 12.2. The van der Waals surface area contributed by atoms with E-state index < -0.39 is 22.8 Å². The first-order chi connectivity index (χ1) is 13.0. The molecule has 0 aliphatic heterocycles. The number of nitrogens with zero attached hydrogens (tertiary/aromatic N) is 2. The van der Waals surface area contributed by atoms with E-state index in [1.807, 2.05) is 0 Å². The summed E-state index contributed by atoms with van der Waals surface area (Å²) in [5.41, 5.74) is 3.46. The van der Waals surface area contributed by atoms with E-state index in [-0.39, 0.29) is 12.3 Å². The Morgan fingerprint density at radius 1 is 1.19 bits per heavy atom. The number of carbonyl (C=O) groups excluding carboxylic acids is 2. The quantitative estimate of drug-likeness (QED) is 0.318. The topological polar surface area (TPSA) is 123 Å². The molecule has 1 atom stereocenters. The van der Waals surface area contributed by atoms with Crippen LogP contribution in [0.25, 0.3) is 0 Å². The van der Waals surface area contributed by atoms with Gasteiger partial charge in [0.15, 0.2) is 6.04 Å². The number of nitro groups is 1. The summed E-state index contributed by atoms with van der Waals surface area (Å²) in [7, 11) is 0. The SMILES string of the molecule is CCOC(=O)C(/C=N/Nc1ccc([N+](=O)[O-])cc1)NC(=O)c1ccccc1. The molecule has 9 heteroatoms. The van der Waals surface area contributed by atoms with Crippen LogP contribution in [0, 0.1) is 10.1 Å². The zero-order valence-electron chi connectivity index (χ0n) is 14.5. The minimum atomic E-state index is -1.09. The van der Waals surface area contributed by atoms with E-state index in [4.69, 9.17) is 4.74 Å². The lowest BCUT2D eigenvalue weighted by Gasteiger charge is -2.13. The van der Waals surface area contributed by atoms with Crippen LogP contribution in [0.2, 0.25) is 0 Å². The third-order valence-corrected chi connectivity index (χ3v) is 3.36. The fourth-order valence-electron chi connectivity index (χ4n) is 2.05. The smallest absolute Gasteiger partial charge is 0.334 e. The lowest BCUT2D eigenvalue weighted by molar-refractivity contribution is -0.384. The first-order valence-electron chi connectivity index (χ1n) is 8.07. The summed E-state index contributed by atoms with van der Waals surface area (Å²) in [6.45, 7) is 1.81. The van der Waals surface area contributed by atoms with Crippen molar-refractivity contribution in [3.8, 4) is 0 Å². The van der Waals surface area contributed by atoms with Gasteiger partial charge in [-0.3, -0.25) is 20.3 Å². The monoisotopic (exact) mass is 370 g/mol. The number of carbonyl (C=O) groups is 2. The van der Waals surface area contributed by atoms with E-state index in [1.165, 1.54) is 30.5 Å². The lowest BCUT2D eigenvalue weighted by atomic mass is 10.2. The van der Waals surface area contributed by atoms with Crippen LogP contribution in [0.1, 0.15) is 17.3 Å². The summed E-state index contributed by atoms with van der Waals surface area (Å²) in [4.78, 5) is 34.4. The summed E-state index contributed by atoms with van der Waals surface area (Å²) < 4.78 is 4.94. The van der Waals surface area contributed by atoms with E-state index in [0.717, 1.165) is 0 Å². The molecule has 0 aromatic heterocycles. The van der Waals surface area contributed by atoms with Gasteiger partial charge in [-0.1, -0.05) is 18.2 Å². The van der Waals surface area contributed by atoms with Crippen LogP contribution in [-0.2, 0) is 9.53 Å². The zero-order chi connectivity index (χ0) is 19.6. The van der Waals surface area contributed by atoms with E-state index >= 15 is 0 Å². The van der Waals surface area contributed by atoms with Crippen LogP contribution in [0.15, 0.2) is 59.7 Å². The number of benzene rings is 2. The molecule has 0 bridgehead atoms. The van der Waals surface area contributed by atoms with Crippen LogP contribution in [-0.4, -0.2) is 35.7 Å². The highest BCUT2D eigenvalue weighted by atomic mass is 16.6. The van der Waals surface area contributed by atoms with Crippen LogP contribution in [0.4, 0.5) is 11.4 Å². The average molecular weight is 370 g/mol. The predicted molar refractivity (Wildman–Crippen MR) is 99.5 cm³/mol. The molecule has 0 saturated heterocycles. The number of hydrogen-bond acceptors (Lipinski definition) is 7. The molecule has 0 fully saturated rings. The molecular weight excluding hydrogens is 352 g/mol. The predicted octanol–water partition coefficient (Wildman–Crippen LogP) is 2.35. The Morgan fingerprint density at radius 3 is 2.44 bits per heavy atom. The third-order valence-electron chi connectivity index (χ3n) is 3.36. The Labute approximate surface area is 155 Å². The number of non-ortho nitro benzene ring substituents is 1. The van der Waals surface area contributed by atoms with Gasteiger partial charge in [-0.2, -0.15) is 5.10 Å². The van der Waals surface area contributed by atoms with Crippen molar-refractivity contribution in [1.29, 1.82) is 0 Å². The molecular formula is C18H18N4O5. The van der Waals surface area contributed by atoms with Crippen molar-refractivity contribution in [2.75, 3.05) is 12.0 Å². The van der Waals surface area contributed by atoms with Crippen molar-refractivity contribution < 1.29 is 19.2 Å². The molecule has 0 heterocycles. The van der Waals surface area contributed by atoms with Crippen molar-refractivity contribution in [2.45, 2.75) is 13.0 Å². The molecule has 2 N–H and O–H groups in total. The van der Waals surface area contributed by atoms with Crippen molar-refractivity contribution in [3.05, 3.63) is 70.3 Å².